The van der Waals surface area contributed by atoms with Crippen LogP contribution in [-0.2, 0) is 4.74 Å². The quantitative estimate of drug-likeness (QED) is 0.453. The summed E-state index contributed by atoms with van der Waals surface area (Å²) in [5.74, 6) is -0.466. The zero-order valence-corrected chi connectivity index (χ0v) is 11.3. The van der Waals surface area contributed by atoms with Crippen molar-refractivity contribution in [2.24, 2.45) is 0 Å². The summed E-state index contributed by atoms with van der Waals surface area (Å²) in [5.41, 5.74) is 0.309. The van der Waals surface area contributed by atoms with Crippen molar-refractivity contribution in [2.45, 2.75) is 6.92 Å². The molecule has 1 N–H and O–H groups in total. The lowest BCUT2D eigenvalue weighted by molar-refractivity contribution is -0.384. The molecule has 21 heavy (non-hydrogen) atoms. The molecule has 1 aromatic heterocycles. The average molecular weight is 284 g/mol. The summed E-state index contributed by atoms with van der Waals surface area (Å²) in [6, 6.07) is 8.33. The number of nitro benzene ring substituents is 1. The molecule has 3 aromatic rings. The van der Waals surface area contributed by atoms with Crippen LogP contribution >= 0.6 is 0 Å². The number of esters is 1. The number of carbonyl (C=O) groups excluding carboxylic acids is 1. The van der Waals surface area contributed by atoms with Gasteiger partial charge in [-0.25, -0.2) is 4.79 Å². The van der Waals surface area contributed by atoms with Gasteiger partial charge in [-0.1, -0.05) is 12.1 Å². The lowest BCUT2D eigenvalue weighted by Gasteiger charge is -2.04. The number of nitro groups is 1. The Bertz CT molecular complexity index is 867. The summed E-state index contributed by atoms with van der Waals surface area (Å²) >= 11 is 0. The van der Waals surface area contributed by atoms with E-state index < -0.39 is 10.9 Å². The minimum Gasteiger partial charge on any atom is -0.461 e. The standard InChI is InChI=1S/C15H12N2O4/c1-2-21-15(18)14-13-10(8-16-14)4-3-9-5-6-11(17(19)20)7-12(9)13/h3-8,16H,2H2,1H3. The van der Waals surface area contributed by atoms with Gasteiger partial charge in [0.2, 0.25) is 0 Å². The summed E-state index contributed by atoms with van der Waals surface area (Å²) in [6.45, 7) is 2.00. The number of carbonyl (C=O) groups is 1. The highest BCUT2D eigenvalue weighted by Gasteiger charge is 2.17. The number of fused-ring (bicyclic) bond motifs is 3. The van der Waals surface area contributed by atoms with Crippen LogP contribution in [0.1, 0.15) is 17.4 Å². The highest BCUT2D eigenvalue weighted by molar-refractivity contribution is 6.16. The molecular formula is C15H12N2O4. The number of nitrogens with zero attached hydrogens (tertiary/aromatic N) is 1. The molecule has 0 spiro atoms. The van der Waals surface area contributed by atoms with Crippen LogP contribution in [0.5, 0.6) is 0 Å². The number of rotatable bonds is 3. The van der Waals surface area contributed by atoms with Crippen LogP contribution < -0.4 is 0 Å². The van der Waals surface area contributed by atoms with Crippen molar-refractivity contribution in [3.8, 4) is 0 Å². The van der Waals surface area contributed by atoms with Gasteiger partial charge >= 0.3 is 5.97 Å². The summed E-state index contributed by atoms with van der Waals surface area (Å²) in [4.78, 5) is 25.4. The van der Waals surface area contributed by atoms with Gasteiger partial charge in [0.15, 0.2) is 0 Å². The van der Waals surface area contributed by atoms with Crippen LogP contribution in [0.4, 0.5) is 5.69 Å². The first-order valence-electron chi connectivity index (χ1n) is 6.47. The van der Waals surface area contributed by atoms with Crippen LogP contribution in [0, 0.1) is 10.1 Å². The van der Waals surface area contributed by atoms with Crippen molar-refractivity contribution in [3.63, 3.8) is 0 Å². The number of nitrogens with one attached hydrogen (secondary N) is 1. The monoisotopic (exact) mass is 284 g/mol. The van der Waals surface area contributed by atoms with Crippen molar-refractivity contribution in [1.29, 1.82) is 0 Å². The molecule has 0 fully saturated rings. The van der Waals surface area contributed by atoms with Crippen LogP contribution in [0.2, 0.25) is 0 Å². The Balaban J connectivity index is 2.34. The predicted octanol–water partition coefficient (Wildman–Crippen LogP) is 3.41. The van der Waals surface area contributed by atoms with Gasteiger partial charge < -0.3 is 9.72 Å². The van der Waals surface area contributed by atoms with Gasteiger partial charge in [0.1, 0.15) is 5.69 Å². The fraction of sp³-hybridized carbons (Fsp3) is 0.133. The summed E-state index contributed by atoms with van der Waals surface area (Å²) < 4.78 is 5.02. The van der Waals surface area contributed by atoms with Crippen molar-refractivity contribution in [1.82, 2.24) is 4.98 Å². The number of H-pyrrole nitrogens is 1. The summed E-state index contributed by atoms with van der Waals surface area (Å²) in [6.07, 6.45) is 1.69. The molecule has 0 amide bonds. The molecule has 0 radical (unpaired) electrons. The van der Waals surface area contributed by atoms with E-state index in [0.717, 1.165) is 10.8 Å². The predicted molar refractivity (Wildman–Crippen MR) is 78.4 cm³/mol. The van der Waals surface area contributed by atoms with Crippen LogP contribution in [-0.4, -0.2) is 22.5 Å². The van der Waals surface area contributed by atoms with Crippen molar-refractivity contribution >= 4 is 33.2 Å². The lowest BCUT2D eigenvalue weighted by Crippen LogP contribution is -2.05. The van der Waals surface area contributed by atoms with Gasteiger partial charge in [-0.05, 0) is 23.8 Å². The van der Waals surface area contributed by atoms with Crippen LogP contribution in [0.3, 0.4) is 0 Å². The maximum atomic E-state index is 12.0. The topological polar surface area (TPSA) is 85.2 Å². The van der Waals surface area contributed by atoms with E-state index in [1.807, 2.05) is 12.1 Å². The van der Waals surface area contributed by atoms with Gasteiger partial charge in [-0.3, -0.25) is 10.1 Å². The fourth-order valence-corrected chi connectivity index (χ4v) is 2.42. The first-order chi connectivity index (χ1) is 10.1. The molecule has 0 unspecified atom stereocenters. The Morgan fingerprint density at radius 3 is 2.71 bits per heavy atom. The summed E-state index contributed by atoms with van der Waals surface area (Å²) in [5, 5.41) is 13.9. The van der Waals surface area contributed by atoms with E-state index in [1.54, 1.807) is 19.2 Å². The molecule has 0 saturated carbocycles. The molecule has 0 aliphatic heterocycles. The first-order valence-corrected chi connectivity index (χ1v) is 6.47. The number of ether oxygens (including phenoxy) is 1. The summed E-state index contributed by atoms with van der Waals surface area (Å²) in [7, 11) is 0. The van der Waals surface area contributed by atoms with E-state index in [0.29, 0.717) is 16.5 Å². The molecule has 0 atom stereocenters. The van der Waals surface area contributed by atoms with E-state index in [-0.39, 0.29) is 12.3 Å². The number of hydrogen-bond donors (Lipinski definition) is 1. The third kappa shape index (κ3) is 2.10. The van der Waals surface area contributed by atoms with Gasteiger partial charge in [0, 0.05) is 29.1 Å². The van der Waals surface area contributed by atoms with Gasteiger partial charge in [-0.2, -0.15) is 0 Å². The number of benzene rings is 2. The number of aromatic nitrogens is 1. The number of hydrogen-bond acceptors (Lipinski definition) is 4. The Morgan fingerprint density at radius 1 is 1.29 bits per heavy atom. The Kier molecular flexibility index (Phi) is 3.06. The smallest absolute Gasteiger partial charge is 0.355 e. The first kappa shape index (κ1) is 13.1. The second-order valence-electron chi connectivity index (χ2n) is 4.58. The van der Waals surface area contributed by atoms with Crippen molar-refractivity contribution in [2.75, 3.05) is 6.61 Å². The van der Waals surface area contributed by atoms with E-state index in [4.69, 9.17) is 4.74 Å². The maximum absolute atomic E-state index is 12.0. The molecular weight excluding hydrogens is 272 g/mol. The third-order valence-electron chi connectivity index (χ3n) is 3.35. The molecule has 3 rings (SSSR count). The maximum Gasteiger partial charge on any atom is 0.355 e. The Labute approximate surface area is 119 Å². The Morgan fingerprint density at radius 2 is 2.00 bits per heavy atom. The van der Waals surface area contributed by atoms with Crippen molar-refractivity contribution in [3.05, 3.63) is 52.3 Å². The van der Waals surface area contributed by atoms with Gasteiger partial charge in [0.05, 0.1) is 11.5 Å². The largest absolute Gasteiger partial charge is 0.461 e. The second-order valence-corrected chi connectivity index (χ2v) is 4.58. The molecule has 6 heteroatoms. The molecule has 0 aliphatic rings. The van der Waals surface area contributed by atoms with Crippen LogP contribution in [0.25, 0.3) is 21.5 Å². The molecule has 106 valence electrons. The highest BCUT2D eigenvalue weighted by atomic mass is 16.6. The molecule has 0 aliphatic carbocycles. The minimum atomic E-state index is -0.466. The molecule has 0 saturated heterocycles. The van der Waals surface area contributed by atoms with Crippen LogP contribution in [0.15, 0.2) is 36.5 Å². The molecule has 0 bridgehead atoms. The minimum absolute atomic E-state index is 0.00833. The van der Waals surface area contributed by atoms with E-state index in [1.165, 1.54) is 12.1 Å². The number of aromatic amines is 1. The highest BCUT2D eigenvalue weighted by Crippen LogP contribution is 2.31. The Hall–Kier alpha value is -2.89. The molecule has 6 nitrogen and oxygen atoms in total. The van der Waals surface area contributed by atoms with Gasteiger partial charge in [-0.15, -0.1) is 0 Å². The van der Waals surface area contributed by atoms with E-state index in [2.05, 4.69) is 4.98 Å². The normalized spacial score (nSPS) is 10.9. The second kappa shape index (κ2) is 4.90. The lowest BCUT2D eigenvalue weighted by atomic mass is 10.0. The zero-order chi connectivity index (χ0) is 15.0. The average Bonchev–Trinajstić information content (AvgIpc) is 2.91. The zero-order valence-electron chi connectivity index (χ0n) is 11.3. The molecule has 1 heterocycles. The van der Waals surface area contributed by atoms with Crippen molar-refractivity contribution < 1.29 is 14.5 Å². The third-order valence-corrected chi connectivity index (χ3v) is 3.35. The molecule has 2 aromatic carbocycles. The van der Waals surface area contributed by atoms with E-state index in [9.17, 15) is 14.9 Å². The van der Waals surface area contributed by atoms with Gasteiger partial charge in [0.25, 0.3) is 5.69 Å². The van der Waals surface area contributed by atoms with E-state index >= 15 is 0 Å². The fourth-order valence-electron chi connectivity index (χ4n) is 2.42. The SMILES string of the molecule is CCOC(=O)c1[nH]cc2ccc3ccc([N+](=O)[O-])cc3c12. The number of non-ortho nitro benzene ring substituents is 1.